The molecule has 0 spiro atoms. The van der Waals surface area contributed by atoms with Crippen LogP contribution >= 0.6 is 11.3 Å². The average Bonchev–Trinajstić information content (AvgIpc) is 3.11. The van der Waals surface area contributed by atoms with Crippen molar-refractivity contribution in [3.8, 4) is 0 Å². The molecule has 3 aromatic rings. The molecule has 1 unspecified atom stereocenters. The molecule has 0 bridgehead atoms. The highest BCUT2D eigenvalue weighted by atomic mass is 32.1. The van der Waals surface area contributed by atoms with E-state index in [1.807, 2.05) is 13.1 Å². The largest absolute Gasteiger partial charge is 0.356 e. The number of anilines is 1. The summed E-state index contributed by atoms with van der Waals surface area (Å²) in [6, 6.07) is 3.08. The van der Waals surface area contributed by atoms with Crippen molar-refractivity contribution in [3.05, 3.63) is 41.6 Å². The standard InChI is InChI=1S/C19H24N6S/c1-13(11-16-12-20-6-7-21-16)22-15-3-8-25(9-4-15)18-17-5-10-26-19(17)24-14(2)23-18/h5-7,10,12-13,15,22H,3-4,8-9,11H2,1-2H3. The van der Waals surface area contributed by atoms with Gasteiger partial charge in [-0.15, -0.1) is 11.3 Å². The quantitative estimate of drug-likeness (QED) is 0.747. The van der Waals surface area contributed by atoms with Crippen LogP contribution < -0.4 is 10.2 Å². The Kier molecular flexibility index (Phi) is 5.08. The van der Waals surface area contributed by atoms with Gasteiger partial charge in [-0.1, -0.05) is 0 Å². The Labute approximate surface area is 157 Å². The molecule has 0 radical (unpaired) electrons. The zero-order chi connectivity index (χ0) is 17.9. The van der Waals surface area contributed by atoms with E-state index in [0.717, 1.165) is 54.5 Å². The molecule has 3 aromatic heterocycles. The Hall–Kier alpha value is -2.12. The van der Waals surface area contributed by atoms with Crippen molar-refractivity contribution in [1.82, 2.24) is 25.3 Å². The van der Waals surface area contributed by atoms with Crippen LogP contribution in [0.3, 0.4) is 0 Å². The van der Waals surface area contributed by atoms with Crippen LogP contribution in [0.2, 0.25) is 0 Å². The zero-order valence-corrected chi connectivity index (χ0v) is 16.0. The van der Waals surface area contributed by atoms with E-state index in [4.69, 9.17) is 4.98 Å². The van der Waals surface area contributed by atoms with Crippen molar-refractivity contribution in [1.29, 1.82) is 0 Å². The van der Waals surface area contributed by atoms with Crippen molar-refractivity contribution in [3.63, 3.8) is 0 Å². The van der Waals surface area contributed by atoms with Crippen molar-refractivity contribution < 1.29 is 0 Å². The number of hydrogen-bond donors (Lipinski definition) is 1. The maximum atomic E-state index is 4.72. The van der Waals surface area contributed by atoms with Gasteiger partial charge in [-0.2, -0.15) is 0 Å². The van der Waals surface area contributed by atoms with E-state index in [1.54, 1.807) is 23.7 Å². The predicted octanol–water partition coefficient (Wildman–Crippen LogP) is 2.98. The fourth-order valence-electron chi connectivity index (χ4n) is 3.65. The number of nitrogens with zero attached hydrogens (tertiary/aromatic N) is 5. The number of hydrogen-bond acceptors (Lipinski definition) is 7. The molecule has 0 amide bonds. The normalized spacial score (nSPS) is 16.9. The number of aromatic nitrogens is 4. The van der Waals surface area contributed by atoms with E-state index < -0.39 is 0 Å². The topological polar surface area (TPSA) is 66.8 Å². The third-order valence-corrected chi connectivity index (χ3v) is 5.67. The monoisotopic (exact) mass is 368 g/mol. The summed E-state index contributed by atoms with van der Waals surface area (Å²) >= 11 is 1.69. The lowest BCUT2D eigenvalue weighted by atomic mass is 10.0. The summed E-state index contributed by atoms with van der Waals surface area (Å²) < 4.78 is 0. The van der Waals surface area contributed by atoms with Crippen LogP contribution in [-0.2, 0) is 6.42 Å². The van der Waals surface area contributed by atoms with Gasteiger partial charge in [0.25, 0.3) is 0 Å². The van der Waals surface area contributed by atoms with E-state index in [1.165, 1.54) is 5.39 Å². The molecular weight excluding hydrogens is 344 g/mol. The summed E-state index contributed by atoms with van der Waals surface area (Å²) in [4.78, 5) is 21.3. The molecule has 4 heterocycles. The third kappa shape index (κ3) is 3.83. The first-order valence-corrected chi connectivity index (χ1v) is 10.0. The van der Waals surface area contributed by atoms with Gasteiger partial charge < -0.3 is 10.2 Å². The molecule has 1 N–H and O–H groups in total. The van der Waals surface area contributed by atoms with Crippen molar-refractivity contribution in [2.75, 3.05) is 18.0 Å². The summed E-state index contributed by atoms with van der Waals surface area (Å²) in [5.41, 5.74) is 1.04. The van der Waals surface area contributed by atoms with Gasteiger partial charge in [0.05, 0.1) is 11.1 Å². The molecule has 26 heavy (non-hydrogen) atoms. The maximum Gasteiger partial charge on any atom is 0.141 e. The van der Waals surface area contributed by atoms with E-state index in [-0.39, 0.29) is 0 Å². The number of fused-ring (bicyclic) bond motifs is 1. The van der Waals surface area contributed by atoms with Gasteiger partial charge >= 0.3 is 0 Å². The Balaban J connectivity index is 1.36. The lowest BCUT2D eigenvalue weighted by molar-refractivity contribution is 0.373. The second kappa shape index (κ2) is 7.63. The summed E-state index contributed by atoms with van der Waals surface area (Å²) in [7, 11) is 0. The van der Waals surface area contributed by atoms with Gasteiger partial charge in [0.2, 0.25) is 0 Å². The number of rotatable bonds is 5. The van der Waals surface area contributed by atoms with E-state index in [0.29, 0.717) is 12.1 Å². The van der Waals surface area contributed by atoms with Crippen LogP contribution in [0.4, 0.5) is 5.82 Å². The molecule has 6 nitrogen and oxygen atoms in total. The van der Waals surface area contributed by atoms with Crippen LogP contribution in [0.5, 0.6) is 0 Å². The summed E-state index contributed by atoms with van der Waals surface area (Å²) in [6.45, 7) is 6.25. The average molecular weight is 369 g/mol. The minimum absolute atomic E-state index is 0.396. The molecule has 0 saturated carbocycles. The summed E-state index contributed by atoms with van der Waals surface area (Å²) in [5, 5.41) is 7.04. The molecule has 1 saturated heterocycles. The zero-order valence-electron chi connectivity index (χ0n) is 15.2. The number of aryl methyl sites for hydroxylation is 1. The van der Waals surface area contributed by atoms with E-state index in [2.05, 4.69) is 43.5 Å². The van der Waals surface area contributed by atoms with Gasteiger partial charge in [0.1, 0.15) is 16.5 Å². The molecule has 0 aliphatic carbocycles. The maximum absolute atomic E-state index is 4.72. The van der Waals surface area contributed by atoms with Gasteiger partial charge in [-0.05, 0) is 38.1 Å². The molecule has 1 atom stereocenters. The number of piperidine rings is 1. The molecule has 136 valence electrons. The minimum Gasteiger partial charge on any atom is -0.356 e. The lowest BCUT2D eigenvalue weighted by Crippen LogP contribution is -2.46. The molecule has 1 aliphatic rings. The first-order chi connectivity index (χ1) is 12.7. The van der Waals surface area contributed by atoms with Gasteiger partial charge in [0, 0.05) is 50.2 Å². The molecular formula is C19H24N6S. The highest BCUT2D eigenvalue weighted by Gasteiger charge is 2.23. The van der Waals surface area contributed by atoms with Crippen LogP contribution in [0.1, 0.15) is 31.3 Å². The summed E-state index contributed by atoms with van der Waals surface area (Å²) in [5.74, 6) is 1.95. The Morgan fingerprint density at radius 1 is 1.27 bits per heavy atom. The molecule has 7 heteroatoms. The Bertz CT molecular complexity index is 857. The fourth-order valence-corrected chi connectivity index (χ4v) is 4.46. The predicted molar refractivity (Wildman–Crippen MR) is 106 cm³/mol. The Morgan fingerprint density at radius 2 is 2.12 bits per heavy atom. The van der Waals surface area contributed by atoms with Crippen LogP contribution in [0.15, 0.2) is 30.0 Å². The smallest absolute Gasteiger partial charge is 0.141 e. The van der Waals surface area contributed by atoms with E-state index in [9.17, 15) is 0 Å². The molecule has 4 rings (SSSR count). The van der Waals surface area contributed by atoms with Gasteiger partial charge in [0.15, 0.2) is 0 Å². The second-order valence-corrected chi connectivity index (χ2v) is 7.86. The number of thiophene rings is 1. The van der Waals surface area contributed by atoms with Crippen molar-refractivity contribution in [2.45, 2.75) is 45.2 Å². The number of nitrogens with one attached hydrogen (secondary N) is 1. The lowest BCUT2D eigenvalue weighted by Gasteiger charge is -2.35. The SMILES string of the molecule is Cc1nc(N2CCC(NC(C)Cc3cnccn3)CC2)c2ccsc2n1. The van der Waals surface area contributed by atoms with Crippen molar-refractivity contribution >= 4 is 27.4 Å². The third-order valence-electron chi connectivity index (χ3n) is 4.86. The van der Waals surface area contributed by atoms with Crippen molar-refractivity contribution in [2.24, 2.45) is 0 Å². The first kappa shape index (κ1) is 17.3. The van der Waals surface area contributed by atoms with Crippen LogP contribution in [0, 0.1) is 6.92 Å². The van der Waals surface area contributed by atoms with Gasteiger partial charge in [-0.3, -0.25) is 9.97 Å². The van der Waals surface area contributed by atoms with E-state index >= 15 is 0 Å². The summed E-state index contributed by atoms with van der Waals surface area (Å²) in [6.07, 6.45) is 8.49. The van der Waals surface area contributed by atoms with Crippen LogP contribution in [0.25, 0.3) is 10.2 Å². The second-order valence-electron chi connectivity index (χ2n) is 6.96. The first-order valence-electron chi connectivity index (χ1n) is 9.17. The highest BCUT2D eigenvalue weighted by Crippen LogP contribution is 2.29. The Morgan fingerprint density at radius 3 is 2.88 bits per heavy atom. The molecule has 0 aromatic carbocycles. The molecule has 1 aliphatic heterocycles. The minimum atomic E-state index is 0.396. The van der Waals surface area contributed by atoms with Crippen LogP contribution in [-0.4, -0.2) is 45.1 Å². The fraction of sp³-hybridized carbons (Fsp3) is 0.474. The molecule has 1 fully saturated rings. The van der Waals surface area contributed by atoms with Gasteiger partial charge in [-0.25, -0.2) is 9.97 Å². The highest BCUT2D eigenvalue weighted by molar-refractivity contribution is 7.16.